The number of nitrogens with one attached hydrogen (secondary N) is 1. The van der Waals surface area contributed by atoms with Gasteiger partial charge in [0.15, 0.2) is 5.65 Å². The van der Waals surface area contributed by atoms with Crippen molar-refractivity contribution in [2.45, 2.75) is 25.7 Å². The SMILES string of the molecule is CN1CCC(n2cc(NC(=O)c3cnn4cccnc34)c(-c3cc(OC(F)F)ccc3OC(F)F)n2)C1=O. The highest BCUT2D eigenvalue weighted by Gasteiger charge is 2.33. The van der Waals surface area contributed by atoms with E-state index in [1.165, 1.54) is 32.7 Å². The van der Waals surface area contributed by atoms with Crippen LogP contribution in [0.1, 0.15) is 22.8 Å². The molecule has 1 aliphatic heterocycles. The van der Waals surface area contributed by atoms with Crippen molar-refractivity contribution in [1.82, 2.24) is 29.3 Å². The summed E-state index contributed by atoms with van der Waals surface area (Å²) in [6.07, 6.45) is 6.12. The van der Waals surface area contributed by atoms with Crippen molar-refractivity contribution < 1.29 is 36.6 Å². The number of rotatable bonds is 8. The van der Waals surface area contributed by atoms with Crippen molar-refractivity contribution in [3.8, 4) is 22.8 Å². The van der Waals surface area contributed by atoms with E-state index in [0.717, 1.165) is 18.2 Å². The first-order valence-corrected chi connectivity index (χ1v) is 11.2. The van der Waals surface area contributed by atoms with Crippen molar-refractivity contribution in [1.29, 1.82) is 0 Å². The largest absolute Gasteiger partial charge is 0.435 e. The van der Waals surface area contributed by atoms with E-state index in [4.69, 9.17) is 0 Å². The summed E-state index contributed by atoms with van der Waals surface area (Å²) in [4.78, 5) is 31.5. The first-order chi connectivity index (χ1) is 18.2. The fourth-order valence-corrected chi connectivity index (χ4v) is 4.14. The van der Waals surface area contributed by atoms with Crippen molar-refractivity contribution in [2.24, 2.45) is 0 Å². The standard InChI is InChI=1S/C23H19F4N7O4/c1-32-8-5-16(21(32)36)34-11-15(30-20(35)14-10-29-33-7-2-6-28-19(14)33)18(31-34)13-9-12(37-22(24)25)3-4-17(13)38-23(26)27/h2-4,6-7,9-11,16,22-23H,5,8H2,1H3,(H,30,35). The molecule has 4 heterocycles. The Balaban J connectivity index is 1.61. The molecule has 1 N–H and O–H groups in total. The van der Waals surface area contributed by atoms with Crippen LogP contribution >= 0.6 is 0 Å². The molecule has 11 nitrogen and oxygen atoms in total. The molecule has 0 spiro atoms. The summed E-state index contributed by atoms with van der Waals surface area (Å²) < 4.78 is 63.8. The number of ether oxygens (including phenoxy) is 2. The monoisotopic (exact) mass is 533 g/mol. The first kappa shape index (κ1) is 25.0. The van der Waals surface area contributed by atoms with Crippen LogP contribution in [0.3, 0.4) is 0 Å². The fraction of sp³-hybridized carbons (Fsp3) is 0.261. The highest BCUT2D eigenvalue weighted by Crippen LogP contribution is 2.39. The molecular formula is C23H19F4N7O4. The second-order valence-electron chi connectivity index (χ2n) is 8.25. The molecule has 1 saturated heterocycles. The molecule has 5 rings (SSSR count). The third-order valence-electron chi connectivity index (χ3n) is 5.87. The fourth-order valence-electron chi connectivity index (χ4n) is 4.14. The maximum Gasteiger partial charge on any atom is 0.387 e. The van der Waals surface area contributed by atoms with Gasteiger partial charge in [0.1, 0.15) is 28.8 Å². The maximum atomic E-state index is 13.2. The minimum absolute atomic E-state index is 0.000877. The van der Waals surface area contributed by atoms with Crippen molar-refractivity contribution >= 4 is 23.1 Å². The van der Waals surface area contributed by atoms with Crippen LogP contribution in [0.15, 0.2) is 49.1 Å². The molecule has 0 aliphatic carbocycles. The van der Waals surface area contributed by atoms with E-state index in [9.17, 15) is 27.2 Å². The van der Waals surface area contributed by atoms with Gasteiger partial charge in [0.2, 0.25) is 5.91 Å². The Kier molecular flexibility index (Phi) is 6.57. The minimum Gasteiger partial charge on any atom is -0.435 e. The minimum atomic E-state index is -3.24. The van der Waals surface area contributed by atoms with E-state index in [1.54, 1.807) is 19.3 Å². The number of likely N-dealkylation sites (N-methyl/N-ethyl adjacent to an activating group) is 1. The second kappa shape index (κ2) is 9.99. The van der Waals surface area contributed by atoms with Crippen LogP contribution in [0.2, 0.25) is 0 Å². The zero-order valence-electron chi connectivity index (χ0n) is 19.6. The molecule has 1 aromatic carbocycles. The smallest absolute Gasteiger partial charge is 0.387 e. The second-order valence-corrected chi connectivity index (χ2v) is 8.25. The summed E-state index contributed by atoms with van der Waals surface area (Å²) in [6, 6.07) is 3.98. The highest BCUT2D eigenvalue weighted by molar-refractivity contribution is 6.09. The number of fused-ring (bicyclic) bond motifs is 1. The van der Waals surface area contributed by atoms with Crippen molar-refractivity contribution in [3.05, 3.63) is 54.6 Å². The lowest BCUT2D eigenvalue weighted by molar-refractivity contribution is -0.129. The number of carbonyl (C=O) groups excluding carboxylic acids is 2. The number of alkyl halides is 4. The molecule has 38 heavy (non-hydrogen) atoms. The number of amides is 2. The van der Waals surface area contributed by atoms with Gasteiger partial charge in [-0.1, -0.05) is 0 Å². The Morgan fingerprint density at radius 3 is 2.68 bits per heavy atom. The van der Waals surface area contributed by atoms with E-state index in [1.807, 2.05) is 0 Å². The van der Waals surface area contributed by atoms with Gasteiger partial charge in [-0.3, -0.25) is 14.3 Å². The Morgan fingerprint density at radius 2 is 1.97 bits per heavy atom. The van der Waals surface area contributed by atoms with Gasteiger partial charge in [-0.15, -0.1) is 0 Å². The zero-order valence-corrected chi connectivity index (χ0v) is 19.6. The average Bonchev–Trinajstić information content (AvgIpc) is 3.57. The third-order valence-corrected chi connectivity index (χ3v) is 5.87. The Labute approximate surface area is 211 Å². The lowest BCUT2D eigenvalue weighted by Gasteiger charge is -2.13. The van der Waals surface area contributed by atoms with Gasteiger partial charge >= 0.3 is 13.2 Å². The number of hydrogen-bond acceptors (Lipinski definition) is 7. The Bertz CT molecular complexity index is 1510. The van der Waals surface area contributed by atoms with Gasteiger partial charge in [0.25, 0.3) is 5.91 Å². The van der Waals surface area contributed by atoms with Gasteiger partial charge in [0, 0.05) is 26.0 Å². The lowest BCUT2D eigenvalue weighted by atomic mass is 10.1. The van der Waals surface area contributed by atoms with Crippen LogP contribution in [0.4, 0.5) is 23.2 Å². The summed E-state index contributed by atoms with van der Waals surface area (Å²) >= 11 is 0. The number of aromatic nitrogens is 5. The molecule has 15 heteroatoms. The molecule has 0 saturated carbocycles. The molecular weight excluding hydrogens is 514 g/mol. The molecule has 2 amide bonds. The van der Waals surface area contributed by atoms with E-state index < -0.39 is 30.9 Å². The van der Waals surface area contributed by atoms with Gasteiger partial charge in [-0.2, -0.15) is 27.8 Å². The molecule has 1 unspecified atom stereocenters. The number of benzene rings is 1. The van der Waals surface area contributed by atoms with E-state index in [0.29, 0.717) is 13.0 Å². The number of carbonyl (C=O) groups is 2. The predicted octanol–water partition coefficient (Wildman–Crippen LogP) is 3.45. The van der Waals surface area contributed by atoms with Gasteiger partial charge < -0.3 is 19.7 Å². The summed E-state index contributed by atoms with van der Waals surface area (Å²) in [6.45, 7) is -5.98. The summed E-state index contributed by atoms with van der Waals surface area (Å²) in [5, 5.41) is 11.1. The number of anilines is 1. The van der Waals surface area contributed by atoms with Gasteiger partial charge in [-0.05, 0) is 30.7 Å². The maximum absolute atomic E-state index is 13.2. The first-order valence-electron chi connectivity index (χ1n) is 11.2. The van der Waals surface area contributed by atoms with Crippen LogP contribution in [0.25, 0.3) is 16.9 Å². The number of nitrogens with zero attached hydrogens (tertiary/aromatic N) is 6. The highest BCUT2D eigenvalue weighted by atomic mass is 19.3. The van der Waals surface area contributed by atoms with E-state index in [2.05, 4.69) is 30.0 Å². The number of hydrogen-bond donors (Lipinski definition) is 1. The molecule has 4 aromatic rings. The van der Waals surface area contributed by atoms with E-state index in [-0.39, 0.29) is 39.8 Å². The normalized spacial score (nSPS) is 15.6. The lowest BCUT2D eigenvalue weighted by Crippen LogP contribution is -2.24. The van der Waals surface area contributed by atoms with E-state index >= 15 is 0 Å². The molecule has 3 aromatic heterocycles. The summed E-state index contributed by atoms with van der Waals surface area (Å²) in [5.74, 6) is -1.67. The average molecular weight is 533 g/mol. The molecule has 0 radical (unpaired) electrons. The molecule has 1 atom stereocenters. The quantitative estimate of drug-likeness (QED) is 0.345. The molecule has 0 bridgehead atoms. The van der Waals surface area contributed by atoms with Crippen molar-refractivity contribution in [3.63, 3.8) is 0 Å². The number of likely N-dealkylation sites (tertiary alicyclic amines) is 1. The Hall–Kier alpha value is -4.69. The third kappa shape index (κ3) is 4.81. The van der Waals surface area contributed by atoms with Crippen LogP contribution in [0, 0.1) is 0 Å². The predicted molar refractivity (Wildman–Crippen MR) is 123 cm³/mol. The van der Waals surface area contributed by atoms with Crippen LogP contribution in [-0.2, 0) is 4.79 Å². The topological polar surface area (TPSA) is 116 Å². The van der Waals surface area contributed by atoms with Crippen LogP contribution in [-0.4, -0.2) is 67.9 Å². The zero-order chi connectivity index (χ0) is 27.0. The van der Waals surface area contributed by atoms with Crippen LogP contribution < -0.4 is 14.8 Å². The molecule has 198 valence electrons. The van der Waals surface area contributed by atoms with Gasteiger partial charge in [-0.25, -0.2) is 9.50 Å². The number of halogens is 4. The summed E-state index contributed by atoms with van der Waals surface area (Å²) in [7, 11) is 1.62. The van der Waals surface area contributed by atoms with Gasteiger partial charge in [0.05, 0.1) is 23.6 Å². The van der Waals surface area contributed by atoms with Crippen molar-refractivity contribution in [2.75, 3.05) is 18.9 Å². The Morgan fingerprint density at radius 1 is 1.18 bits per heavy atom. The molecule has 1 aliphatic rings. The van der Waals surface area contributed by atoms with Crippen LogP contribution in [0.5, 0.6) is 11.5 Å². The summed E-state index contributed by atoms with van der Waals surface area (Å²) in [5.41, 5.74) is 0.0659. The molecule has 1 fully saturated rings.